The fourth-order valence-corrected chi connectivity index (χ4v) is 4.11. The van der Waals surface area contributed by atoms with E-state index < -0.39 is 10.0 Å². The van der Waals surface area contributed by atoms with Crippen molar-refractivity contribution < 1.29 is 18.0 Å². The average Bonchev–Trinajstić information content (AvgIpc) is 2.76. The minimum absolute atomic E-state index is 0.00949. The van der Waals surface area contributed by atoms with Gasteiger partial charge in [-0.05, 0) is 42.7 Å². The van der Waals surface area contributed by atoms with Crippen molar-refractivity contribution in [2.24, 2.45) is 0 Å². The number of nitrogens with one attached hydrogen (secondary N) is 2. The Morgan fingerprint density at radius 3 is 2.16 bits per heavy atom. The van der Waals surface area contributed by atoms with Crippen molar-refractivity contribution in [3.05, 3.63) is 95.6 Å². The molecule has 0 aliphatic rings. The minimum Gasteiger partial charge on any atom is -0.326 e. The Bertz CT molecular complexity index is 1160. The molecule has 3 rings (SSSR count). The van der Waals surface area contributed by atoms with E-state index in [0.717, 1.165) is 11.1 Å². The zero-order valence-corrected chi connectivity index (χ0v) is 18.0. The lowest BCUT2D eigenvalue weighted by Gasteiger charge is -2.12. The molecule has 1 amide bonds. The van der Waals surface area contributed by atoms with Crippen LogP contribution in [0, 0.1) is 0 Å². The largest absolute Gasteiger partial charge is 0.326 e. The van der Waals surface area contributed by atoms with E-state index in [1.807, 2.05) is 54.6 Å². The Morgan fingerprint density at radius 1 is 0.839 bits per heavy atom. The van der Waals surface area contributed by atoms with Crippen molar-refractivity contribution in [2.75, 3.05) is 11.9 Å². The fraction of sp³-hybridized carbons (Fsp3) is 0.167. The molecule has 0 atom stereocenters. The molecule has 0 aliphatic carbocycles. The molecule has 0 bridgehead atoms. The van der Waals surface area contributed by atoms with E-state index in [4.69, 9.17) is 0 Å². The maximum Gasteiger partial charge on any atom is 0.240 e. The number of ketones is 1. The molecule has 0 heterocycles. The number of Topliss-reactive ketones (excluding diaryl/α,β-unsaturated/α-hetero) is 1. The highest BCUT2D eigenvalue weighted by atomic mass is 32.2. The third kappa shape index (κ3) is 6.34. The molecule has 6 nitrogen and oxygen atoms in total. The average molecular weight is 437 g/mol. The Labute approximate surface area is 182 Å². The van der Waals surface area contributed by atoms with Crippen molar-refractivity contribution in [1.82, 2.24) is 4.72 Å². The maximum atomic E-state index is 12.4. The predicted octanol–water partition coefficient (Wildman–Crippen LogP) is 3.79. The number of anilines is 1. The van der Waals surface area contributed by atoms with E-state index in [-0.39, 0.29) is 29.6 Å². The van der Waals surface area contributed by atoms with Gasteiger partial charge in [0.1, 0.15) is 0 Å². The van der Waals surface area contributed by atoms with Gasteiger partial charge in [0.25, 0.3) is 0 Å². The maximum absolute atomic E-state index is 12.4. The SMILES string of the molecule is CC(=O)c1ccc(S(=O)(=O)NCCC(=O)Nc2ccccc2Cc2ccccc2)cc1. The Morgan fingerprint density at radius 2 is 1.48 bits per heavy atom. The van der Waals surface area contributed by atoms with Crippen molar-refractivity contribution >= 4 is 27.4 Å². The summed E-state index contributed by atoms with van der Waals surface area (Å²) in [7, 11) is -3.76. The van der Waals surface area contributed by atoms with Crippen LogP contribution in [-0.4, -0.2) is 26.7 Å². The molecule has 160 valence electrons. The normalized spacial score (nSPS) is 11.1. The molecular formula is C24H24N2O4S. The van der Waals surface area contributed by atoms with Crippen LogP contribution in [0.5, 0.6) is 0 Å². The molecule has 2 N–H and O–H groups in total. The quantitative estimate of drug-likeness (QED) is 0.499. The van der Waals surface area contributed by atoms with E-state index in [9.17, 15) is 18.0 Å². The number of carbonyl (C=O) groups excluding carboxylic acids is 2. The monoisotopic (exact) mass is 436 g/mol. The Balaban J connectivity index is 1.56. The summed E-state index contributed by atoms with van der Waals surface area (Å²) in [5.41, 5.74) is 3.26. The van der Waals surface area contributed by atoms with Gasteiger partial charge in [0, 0.05) is 24.2 Å². The molecule has 0 fully saturated rings. The number of sulfonamides is 1. The van der Waals surface area contributed by atoms with Gasteiger partial charge in [-0.25, -0.2) is 13.1 Å². The lowest BCUT2D eigenvalue weighted by atomic mass is 10.0. The van der Waals surface area contributed by atoms with Crippen molar-refractivity contribution in [3.8, 4) is 0 Å². The molecule has 0 radical (unpaired) electrons. The van der Waals surface area contributed by atoms with Gasteiger partial charge in [0.2, 0.25) is 15.9 Å². The van der Waals surface area contributed by atoms with Gasteiger partial charge < -0.3 is 5.32 Å². The molecule has 0 unspecified atom stereocenters. The zero-order chi connectivity index (χ0) is 22.3. The minimum atomic E-state index is -3.76. The van der Waals surface area contributed by atoms with Crippen molar-refractivity contribution in [3.63, 3.8) is 0 Å². The molecule has 0 aromatic heterocycles. The second kappa shape index (κ2) is 10.1. The number of rotatable bonds is 9. The second-order valence-corrected chi connectivity index (χ2v) is 8.86. The molecule has 0 saturated heterocycles. The highest BCUT2D eigenvalue weighted by Gasteiger charge is 2.15. The first-order valence-corrected chi connectivity index (χ1v) is 11.4. The number of hydrogen-bond acceptors (Lipinski definition) is 4. The number of para-hydroxylation sites is 1. The summed E-state index contributed by atoms with van der Waals surface area (Å²) in [6.07, 6.45) is 0.671. The van der Waals surface area contributed by atoms with E-state index >= 15 is 0 Å². The van der Waals surface area contributed by atoms with Crippen LogP contribution in [0.15, 0.2) is 83.8 Å². The fourth-order valence-electron chi connectivity index (χ4n) is 3.08. The van der Waals surface area contributed by atoms with Crippen LogP contribution in [0.1, 0.15) is 34.8 Å². The first-order chi connectivity index (χ1) is 14.8. The smallest absolute Gasteiger partial charge is 0.240 e. The Kier molecular flexibility index (Phi) is 7.33. The molecule has 7 heteroatoms. The van der Waals surface area contributed by atoms with E-state index in [1.54, 1.807) is 0 Å². The van der Waals surface area contributed by atoms with Crippen LogP contribution in [-0.2, 0) is 21.2 Å². The molecule has 0 saturated carbocycles. The van der Waals surface area contributed by atoms with Crippen LogP contribution in [0.4, 0.5) is 5.69 Å². The lowest BCUT2D eigenvalue weighted by molar-refractivity contribution is -0.116. The third-order valence-corrected chi connectivity index (χ3v) is 6.22. The Hall–Kier alpha value is -3.29. The van der Waals surface area contributed by atoms with Crippen LogP contribution in [0.3, 0.4) is 0 Å². The predicted molar refractivity (Wildman–Crippen MR) is 121 cm³/mol. The summed E-state index contributed by atoms with van der Waals surface area (Å²) in [5, 5.41) is 2.87. The summed E-state index contributed by atoms with van der Waals surface area (Å²) in [6, 6.07) is 23.2. The topological polar surface area (TPSA) is 92.3 Å². The highest BCUT2D eigenvalue weighted by Crippen LogP contribution is 2.19. The molecule has 3 aromatic carbocycles. The van der Waals surface area contributed by atoms with Crippen molar-refractivity contribution in [1.29, 1.82) is 0 Å². The van der Waals surface area contributed by atoms with E-state index in [2.05, 4.69) is 10.0 Å². The second-order valence-electron chi connectivity index (χ2n) is 7.10. The number of benzene rings is 3. The van der Waals surface area contributed by atoms with Crippen LogP contribution in [0.25, 0.3) is 0 Å². The summed E-state index contributed by atoms with van der Waals surface area (Å²) >= 11 is 0. The molecular weight excluding hydrogens is 412 g/mol. The number of amides is 1. The van der Waals surface area contributed by atoms with Crippen LogP contribution >= 0.6 is 0 Å². The zero-order valence-electron chi connectivity index (χ0n) is 17.2. The number of hydrogen-bond donors (Lipinski definition) is 2. The van der Waals surface area contributed by atoms with Crippen molar-refractivity contribution in [2.45, 2.75) is 24.7 Å². The van der Waals surface area contributed by atoms with Gasteiger partial charge in [-0.3, -0.25) is 9.59 Å². The molecule has 0 aliphatic heterocycles. The molecule has 3 aromatic rings. The van der Waals surface area contributed by atoms with E-state index in [0.29, 0.717) is 17.7 Å². The third-order valence-electron chi connectivity index (χ3n) is 4.74. The van der Waals surface area contributed by atoms with Gasteiger partial charge in [0.15, 0.2) is 5.78 Å². The number of carbonyl (C=O) groups is 2. The summed E-state index contributed by atoms with van der Waals surface area (Å²) < 4.78 is 27.2. The standard InChI is InChI=1S/C24H24N2O4S/c1-18(27)20-11-13-22(14-12-20)31(29,30)25-16-15-24(28)26-23-10-6-5-9-21(23)17-19-7-3-2-4-8-19/h2-14,25H,15-17H2,1H3,(H,26,28). The van der Waals surface area contributed by atoms with Gasteiger partial charge in [-0.2, -0.15) is 0 Å². The first kappa shape index (κ1) is 22.4. The highest BCUT2D eigenvalue weighted by molar-refractivity contribution is 7.89. The molecule has 31 heavy (non-hydrogen) atoms. The van der Waals surface area contributed by atoms with Gasteiger partial charge >= 0.3 is 0 Å². The summed E-state index contributed by atoms with van der Waals surface area (Å²) in [6.45, 7) is 1.38. The summed E-state index contributed by atoms with van der Waals surface area (Å²) in [4.78, 5) is 23.7. The lowest BCUT2D eigenvalue weighted by Crippen LogP contribution is -2.28. The van der Waals surface area contributed by atoms with Crippen LogP contribution < -0.4 is 10.0 Å². The first-order valence-electron chi connectivity index (χ1n) is 9.87. The van der Waals surface area contributed by atoms with Crippen LogP contribution in [0.2, 0.25) is 0 Å². The summed E-state index contributed by atoms with van der Waals surface area (Å²) in [5.74, 6) is -0.420. The van der Waals surface area contributed by atoms with Gasteiger partial charge in [0.05, 0.1) is 4.90 Å². The van der Waals surface area contributed by atoms with Gasteiger partial charge in [-0.15, -0.1) is 0 Å². The van der Waals surface area contributed by atoms with Gasteiger partial charge in [-0.1, -0.05) is 60.7 Å². The van der Waals surface area contributed by atoms with E-state index in [1.165, 1.54) is 31.2 Å². The molecule has 0 spiro atoms.